The number of fused-ring (bicyclic) bond motifs is 12. The minimum atomic E-state index is 1.17. The number of para-hydroxylation sites is 2. The molecule has 11 rings (SSSR count). The van der Waals surface area contributed by atoms with E-state index in [-0.39, 0.29) is 0 Å². The second kappa shape index (κ2) is 8.50. The van der Waals surface area contributed by atoms with Gasteiger partial charge >= 0.3 is 0 Å². The van der Waals surface area contributed by atoms with Crippen LogP contribution in [-0.4, -0.2) is 9.38 Å². The van der Waals surface area contributed by atoms with Crippen molar-refractivity contribution < 1.29 is 0 Å². The molecule has 0 bridgehead atoms. The Morgan fingerprint density at radius 1 is 0.422 bits per heavy atom. The molecule has 0 atom stereocenters. The number of nitrogens with one attached hydrogen (secondary N) is 1. The third kappa shape index (κ3) is 3.13. The van der Waals surface area contributed by atoms with Gasteiger partial charge in [-0.25, -0.2) is 0 Å². The predicted molar refractivity (Wildman–Crippen MR) is 194 cm³/mol. The van der Waals surface area contributed by atoms with Crippen LogP contribution in [0.25, 0.3) is 102 Å². The fraction of sp³-hybridized carbons (Fsp3) is 0. The monoisotopic (exact) mass is 588 g/mol. The van der Waals surface area contributed by atoms with Crippen LogP contribution < -0.4 is 0 Å². The number of thiophene rings is 1. The van der Waals surface area contributed by atoms with Crippen molar-refractivity contribution in [3.05, 3.63) is 140 Å². The molecular weight excluding hydrogens is 565 g/mol. The van der Waals surface area contributed by atoms with Crippen molar-refractivity contribution in [2.45, 2.75) is 0 Å². The molecule has 0 aliphatic carbocycles. The standard InChI is InChI=1S/C42H24N2S/c1-4-13-36-28(8-1)33-20-24(17-19-37(33)43-36)26-21-34-29-9-2-5-14-38(29)44-39-23-25(16-18-30(39)35(22-26)41(34)44)27-11-7-12-32-31-10-3-6-15-40(31)45-42(27)32/h1-23,43H. The topological polar surface area (TPSA) is 20.2 Å². The van der Waals surface area contributed by atoms with Gasteiger partial charge in [0.15, 0.2) is 0 Å². The normalized spacial score (nSPS) is 12.4. The number of nitrogens with zero attached hydrogens (tertiary/aromatic N) is 1. The first-order valence-electron chi connectivity index (χ1n) is 15.4. The van der Waals surface area contributed by atoms with Gasteiger partial charge in [0.05, 0.1) is 16.6 Å². The summed E-state index contributed by atoms with van der Waals surface area (Å²) < 4.78 is 5.19. The average Bonchev–Trinajstić information content (AvgIpc) is 3.84. The van der Waals surface area contributed by atoms with Gasteiger partial charge in [-0.05, 0) is 70.8 Å². The van der Waals surface area contributed by atoms with E-state index in [4.69, 9.17) is 0 Å². The summed E-state index contributed by atoms with van der Waals surface area (Å²) >= 11 is 1.89. The van der Waals surface area contributed by atoms with E-state index in [1.165, 1.54) is 102 Å². The number of hydrogen-bond acceptors (Lipinski definition) is 1. The smallest absolute Gasteiger partial charge is 0.0620 e. The van der Waals surface area contributed by atoms with Crippen LogP contribution >= 0.6 is 11.3 Å². The van der Waals surface area contributed by atoms with Gasteiger partial charge in [-0.3, -0.25) is 0 Å². The molecule has 0 fully saturated rings. The molecular formula is C42H24N2S. The molecule has 3 heteroatoms. The lowest BCUT2D eigenvalue weighted by atomic mass is 9.97. The molecule has 11 aromatic rings. The van der Waals surface area contributed by atoms with Gasteiger partial charge in [0, 0.05) is 63.5 Å². The van der Waals surface area contributed by atoms with Crippen molar-refractivity contribution in [3.63, 3.8) is 0 Å². The quantitative estimate of drug-likeness (QED) is 0.207. The van der Waals surface area contributed by atoms with Crippen LogP contribution in [0.3, 0.4) is 0 Å². The van der Waals surface area contributed by atoms with Gasteiger partial charge < -0.3 is 9.38 Å². The summed E-state index contributed by atoms with van der Waals surface area (Å²) in [5.74, 6) is 0. The summed E-state index contributed by atoms with van der Waals surface area (Å²) in [7, 11) is 0. The molecule has 7 aromatic carbocycles. The predicted octanol–water partition coefficient (Wildman–Crippen LogP) is 12.2. The molecule has 0 spiro atoms. The maximum atomic E-state index is 3.58. The molecule has 1 N–H and O–H groups in total. The van der Waals surface area contributed by atoms with Crippen LogP contribution in [0, 0.1) is 0 Å². The summed E-state index contributed by atoms with van der Waals surface area (Å²) in [6, 6.07) is 51.7. The third-order valence-electron chi connectivity index (χ3n) is 9.85. The first kappa shape index (κ1) is 23.8. The number of aromatic nitrogens is 2. The summed E-state index contributed by atoms with van der Waals surface area (Å²) in [5, 5.41) is 10.4. The van der Waals surface area contributed by atoms with Crippen LogP contribution in [0.5, 0.6) is 0 Å². The highest BCUT2D eigenvalue weighted by molar-refractivity contribution is 7.26. The maximum absolute atomic E-state index is 3.58. The molecule has 45 heavy (non-hydrogen) atoms. The Bertz CT molecular complexity index is 2990. The Balaban J connectivity index is 1.20. The summed E-state index contributed by atoms with van der Waals surface area (Å²) in [4.78, 5) is 3.58. The molecule has 0 aliphatic rings. The third-order valence-corrected chi connectivity index (χ3v) is 11.1. The van der Waals surface area contributed by atoms with Crippen LogP contribution in [0.15, 0.2) is 140 Å². The summed E-state index contributed by atoms with van der Waals surface area (Å²) in [6.07, 6.45) is 0. The molecule has 0 unspecified atom stereocenters. The van der Waals surface area contributed by atoms with E-state index < -0.39 is 0 Å². The number of rotatable bonds is 2. The van der Waals surface area contributed by atoms with Crippen molar-refractivity contribution in [1.82, 2.24) is 9.38 Å². The van der Waals surface area contributed by atoms with E-state index in [1.807, 2.05) is 11.3 Å². The van der Waals surface area contributed by atoms with E-state index >= 15 is 0 Å². The first-order chi connectivity index (χ1) is 22.3. The summed E-state index contributed by atoms with van der Waals surface area (Å²) in [5.41, 5.74) is 11.2. The molecule has 0 amide bonds. The number of benzene rings is 7. The van der Waals surface area contributed by atoms with E-state index in [9.17, 15) is 0 Å². The van der Waals surface area contributed by atoms with Crippen molar-refractivity contribution in [2.24, 2.45) is 0 Å². The van der Waals surface area contributed by atoms with Gasteiger partial charge in [0.25, 0.3) is 0 Å². The molecule has 0 radical (unpaired) electrons. The van der Waals surface area contributed by atoms with Crippen molar-refractivity contribution >= 4 is 91.4 Å². The lowest BCUT2D eigenvalue weighted by Crippen LogP contribution is -1.83. The van der Waals surface area contributed by atoms with Crippen LogP contribution in [-0.2, 0) is 0 Å². The molecule has 4 aromatic heterocycles. The minimum Gasteiger partial charge on any atom is -0.355 e. The van der Waals surface area contributed by atoms with Gasteiger partial charge in [0.1, 0.15) is 0 Å². The average molecular weight is 589 g/mol. The molecule has 2 nitrogen and oxygen atoms in total. The Labute approximate surface area is 261 Å². The Hall–Kier alpha value is -5.64. The van der Waals surface area contributed by atoms with Gasteiger partial charge in [-0.2, -0.15) is 0 Å². The van der Waals surface area contributed by atoms with E-state index in [0.717, 1.165) is 0 Å². The van der Waals surface area contributed by atoms with E-state index in [1.54, 1.807) is 0 Å². The first-order valence-corrected chi connectivity index (χ1v) is 16.3. The van der Waals surface area contributed by atoms with Gasteiger partial charge in [-0.1, -0.05) is 91.0 Å². The van der Waals surface area contributed by atoms with Gasteiger partial charge in [-0.15, -0.1) is 11.3 Å². The number of H-pyrrole nitrogens is 1. The van der Waals surface area contributed by atoms with Crippen LogP contribution in [0.2, 0.25) is 0 Å². The van der Waals surface area contributed by atoms with E-state index in [2.05, 4.69) is 149 Å². The second-order valence-corrected chi connectivity index (χ2v) is 13.3. The maximum Gasteiger partial charge on any atom is 0.0620 e. The fourth-order valence-electron chi connectivity index (χ4n) is 7.83. The second-order valence-electron chi connectivity index (χ2n) is 12.2. The lowest BCUT2D eigenvalue weighted by Gasteiger charge is -2.06. The highest BCUT2D eigenvalue weighted by atomic mass is 32.1. The molecule has 4 heterocycles. The SMILES string of the molecule is c1ccc2c(c1)[nH]c1ccc(-c3cc4c5ccccc5n5c6cc(-c7cccc8c7sc7ccccc78)ccc6c(c3)c45)cc12. The minimum absolute atomic E-state index is 1.17. The Morgan fingerprint density at radius 2 is 1.11 bits per heavy atom. The van der Waals surface area contributed by atoms with Crippen molar-refractivity contribution in [1.29, 1.82) is 0 Å². The lowest BCUT2D eigenvalue weighted by molar-refractivity contribution is 1.37. The largest absolute Gasteiger partial charge is 0.355 e. The summed E-state index contributed by atoms with van der Waals surface area (Å²) in [6.45, 7) is 0. The highest BCUT2D eigenvalue weighted by Gasteiger charge is 2.20. The Morgan fingerprint density at radius 3 is 2.02 bits per heavy atom. The molecule has 208 valence electrons. The fourth-order valence-corrected chi connectivity index (χ4v) is 9.07. The molecule has 0 aliphatic heterocycles. The number of hydrogen-bond donors (Lipinski definition) is 1. The van der Waals surface area contributed by atoms with Crippen LogP contribution in [0.1, 0.15) is 0 Å². The van der Waals surface area contributed by atoms with Gasteiger partial charge in [0.2, 0.25) is 0 Å². The van der Waals surface area contributed by atoms with Crippen molar-refractivity contribution in [3.8, 4) is 22.3 Å². The zero-order chi connectivity index (χ0) is 29.2. The zero-order valence-corrected chi connectivity index (χ0v) is 25.0. The molecule has 0 saturated carbocycles. The Kier molecular flexibility index (Phi) is 4.49. The van der Waals surface area contributed by atoms with E-state index in [0.29, 0.717) is 0 Å². The highest BCUT2D eigenvalue weighted by Crippen LogP contribution is 2.45. The van der Waals surface area contributed by atoms with Crippen LogP contribution in [0.4, 0.5) is 0 Å². The molecule has 0 saturated heterocycles. The zero-order valence-electron chi connectivity index (χ0n) is 24.1. The van der Waals surface area contributed by atoms with Crippen molar-refractivity contribution in [2.75, 3.05) is 0 Å². The number of aromatic amines is 1.